The number of hydrogen-bond acceptors (Lipinski definition) is 6. The van der Waals surface area contributed by atoms with Crippen LogP contribution in [0.15, 0.2) is 64.3 Å². The number of alkyl halides is 3. The molecule has 0 saturated carbocycles. The molecule has 2 amide bonds. The van der Waals surface area contributed by atoms with Crippen LogP contribution < -0.4 is 20.9 Å². The molecule has 1 aliphatic heterocycles. The Kier molecular flexibility index (Phi) is 7.03. The number of aromatic nitrogens is 2. The number of carbonyl (C=O) groups excluding carboxylic acids is 2. The molecule has 2 heterocycles. The fraction of sp³-hybridized carbons (Fsp3) is 0.217. The number of benzene rings is 2. The maximum absolute atomic E-state index is 14.6. The zero-order valence-corrected chi connectivity index (χ0v) is 21.2. The lowest BCUT2D eigenvalue weighted by Gasteiger charge is -2.29. The monoisotopic (exact) mass is 567 g/mol. The summed E-state index contributed by atoms with van der Waals surface area (Å²) >= 11 is 5.14. The second-order valence-electron chi connectivity index (χ2n) is 8.38. The molecule has 0 aliphatic carbocycles. The van der Waals surface area contributed by atoms with E-state index in [0.717, 1.165) is 34.4 Å². The predicted molar refractivity (Wildman–Crippen MR) is 133 cm³/mol. The van der Waals surface area contributed by atoms with Gasteiger partial charge in [0, 0.05) is 19.2 Å². The first kappa shape index (κ1) is 27.2. The highest BCUT2D eigenvalue weighted by atomic mass is 32.2. The highest BCUT2D eigenvalue weighted by molar-refractivity contribution is 7.89. The lowest BCUT2D eigenvalue weighted by Crippen LogP contribution is -2.61. The largest absolute Gasteiger partial charge is 0.421 e. The summed E-state index contributed by atoms with van der Waals surface area (Å²) in [5, 5.41) is 4.42. The molecule has 4 N–H and O–H groups in total. The van der Waals surface area contributed by atoms with Gasteiger partial charge in [0.2, 0.25) is 21.5 Å². The van der Waals surface area contributed by atoms with Crippen molar-refractivity contribution >= 4 is 45.6 Å². The number of amides is 2. The summed E-state index contributed by atoms with van der Waals surface area (Å²) in [5.41, 5.74) is -5.48. The van der Waals surface area contributed by atoms with Gasteiger partial charge in [-0.05, 0) is 48.5 Å². The second-order valence-corrected chi connectivity index (χ2v) is 10.5. The molecule has 10 nitrogen and oxygen atoms in total. The van der Waals surface area contributed by atoms with Gasteiger partial charge in [0.25, 0.3) is 11.5 Å². The van der Waals surface area contributed by atoms with Crippen molar-refractivity contribution < 1.29 is 31.2 Å². The zero-order valence-electron chi connectivity index (χ0n) is 19.5. The lowest BCUT2D eigenvalue weighted by atomic mass is 9.93. The van der Waals surface area contributed by atoms with Crippen LogP contribution in [0.3, 0.4) is 0 Å². The molecule has 3 aromatic rings. The maximum atomic E-state index is 14.6. The molecule has 38 heavy (non-hydrogen) atoms. The van der Waals surface area contributed by atoms with Gasteiger partial charge in [-0.3, -0.25) is 19.4 Å². The molecule has 4 rings (SSSR count). The van der Waals surface area contributed by atoms with E-state index in [-0.39, 0.29) is 23.4 Å². The van der Waals surface area contributed by atoms with E-state index in [1.807, 2.05) is 5.32 Å². The summed E-state index contributed by atoms with van der Waals surface area (Å²) in [7, 11) is -5.03. The number of rotatable bonds is 7. The maximum Gasteiger partial charge on any atom is 0.421 e. The smallest absolute Gasteiger partial charge is 0.326 e. The van der Waals surface area contributed by atoms with Crippen LogP contribution in [-0.2, 0) is 38.1 Å². The second kappa shape index (κ2) is 9.81. The van der Waals surface area contributed by atoms with Crippen LogP contribution >= 0.6 is 12.2 Å². The van der Waals surface area contributed by atoms with Gasteiger partial charge in [0.15, 0.2) is 4.77 Å². The molecular weight excluding hydrogens is 547 g/mol. The minimum Gasteiger partial charge on any atom is -0.326 e. The molecule has 0 saturated heterocycles. The Morgan fingerprint density at radius 3 is 2.29 bits per heavy atom. The molecule has 0 spiro atoms. The minimum absolute atomic E-state index is 0.0203. The van der Waals surface area contributed by atoms with E-state index >= 15 is 0 Å². The quantitative estimate of drug-likeness (QED) is 0.324. The van der Waals surface area contributed by atoms with Gasteiger partial charge >= 0.3 is 6.18 Å². The SMILES string of the molecule is CC(=O)Nc1ccc(S(=O)(=O)NC2(C(F)(F)F)C(=O)Nc3c2c(=O)[nH]c(=S)n3CCc2ccccc2)cc1. The van der Waals surface area contributed by atoms with Gasteiger partial charge in [-0.2, -0.15) is 17.9 Å². The van der Waals surface area contributed by atoms with Gasteiger partial charge < -0.3 is 15.2 Å². The van der Waals surface area contributed by atoms with E-state index in [0.29, 0.717) is 0 Å². The molecule has 200 valence electrons. The number of aromatic amines is 1. The van der Waals surface area contributed by atoms with Crippen molar-refractivity contribution in [1.29, 1.82) is 0 Å². The highest BCUT2D eigenvalue weighted by Gasteiger charge is 2.69. The van der Waals surface area contributed by atoms with Crippen molar-refractivity contribution in [2.45, 2.75) is 36.5 Å². The van der Waals surface area contributed by atoms with Crippen LogP contribution in [0.1, 0.15) is 18.1 Å². The third-order valence-corrected chi connectivity index (χ3v) is 7.60. The number of nitrogens with zero attached hydrogens (tertiary/aromatic N) is 1. The fourth-order valence-corrected chi connectivity index (χ4v) is 5.67. The number of carbonyl (C=O) groups is 2. The first-order valence-electron chi connectivity index (χ1n) is 11.0. The molecule has 1 aliphatic rings. The average molecular weight is 568 g/mol. The summed E-state index contributed by atoms with van der Waals surface area (Å²) in [5.74, 6) is -2.81. The van der Waals surface area contributed by atoms with Crippen LogP contribution in [0.2, 0.25) is 0 Å². The molecular formula is C23H20F3N5O5S2. The standard InChI is InChI=1S/C23H20F3N5O5S2/c1-13(32)27-15-7-9-16(10-8-15)38(35,36)30-22(23(24,25)26)17-18(28-20(22)34)31(21(37)29-19(17)33)12-11-14-5-3-2-4-6-14/h2-10,30H,11-12H2,1H3,(H,27,32)(H,28,34)(H,29,33,37). The van der Waals surface area contributed by atoms with E-state index in [1.165, 1.54) is 11.6 Å². The van der Waals surface area contributed by atoms with Crippen molar-refractivity contribution in [2.75, 3.05) is 10.6 Å². The van der Waals surface area contributed by atoms with Crippen LogP contribution in [0.5, 0.6) is 0 Å². The number of fused-ring (bicyclic) bond motifs is 1. The summed E-state index contributed by atoms with van der Waals surface area (Å²) in [6, 6.07) is 13.1. The van der Waals surface area contributed by atoms with Gasteiger partial charge in [-0.15, -0.1) is 0 Å². The Bertz CT molecular complexity index is 1640. The van der Waals surface area contributed by atoms with Gasteiger partial charge in [0.05, 0.1) is 10.5 Å². The molecule has 1 atom stereocenters. The number of sulfonamides is 1. The van der Waals surface area contributed by atoms with Crippen molar-refractivity contribution in [1.82, 2.24) is 14.3 Å². The lowest BCUT2D eigenvalue weighted by molar-refractivity contribution is -0.194. The van der Waals surface area contributed by atoms with Crippen molar-refractivity contribution in [2.24, 2.45) is 0 Å². The zero-order chi connectivity index (χ0) is 27.9. The first-order valence-corrected chi connectivity index (χ1v) is 12.9. The Labute approximate surface area is 218 Å². The molecule has 2 aromatic carbocycles. The fourth-order valence-electron chi connectivity index (χ4n) is 4.07. The van der Waals surface area contributed by atoms with Crippen LogP contribution in [0.25, 0.3) is 0 Å². The van der Waals surface area contributed by atoms with Crippen LogP contribution in [0, 0.1) is 4.77 Å². The first-order chi connectivity index (χ1) is 17.8. The molecule has 0 fully saturated rings. The average Bonchev–Trinajstić information content (AvgIpc) is 3.12. The van der Waals surface area contributed by atoms with E-state index < -0.39 is 55.4 Å². The minimum atomic E-state index is -5.57. The van der Waals surface area contributed by atoms with E-state index in [1.54, 1.807) is 30.3 Å². The summed E-state index contributed by atoms with van der Waals surface area (Å²) in [6.07, 6.45) is -5.28. The number of nitrogens with one attached hydrogen (secondary N) is 4. The number of anilines is 2. The van der Waals surface area contributed by atoms with Gasteiger partial charge in [-0.1, -0.05) is 30.3 Å². The molecule has 1 aromatic heterocycles. The van der Waals surface area contributed by atoms with Gasteiger partial charge in [-0.25, -0.2) is 8.42 Å². The highest BCUT2D eigenvalue weighted by Crippen LogP contribution is 2.46. The van der Waals surface area contributed by atoms with Crippen LogP contribution in [0.4, 0.5) is 24.7 Å². The van der Waals surface area contributed by atoms with E-state index in [2.05, 4.69) is 10.3 Å². The van der Waals surface area contributed by atoms with Crippen molar-refractivity contribution in [3.8, 4) is 0 Å². The Morgan fingerprint density at radius 2 is 1.71 bits per heavy atom. The third kappa shape index (κ3) is 4.87. The number of H-pyrrole nitrogens is 1. The Hall–Kier alpha value is -3.82. The summed E-state index contributed by atoms with van der Waals surface area (Å²) in [4.78, 5) is 38.5. The predicted octanol–water partition coefficient (Wildman–Crippen LogP) is 2.80. The normalized spacial score (nSPS) is 17.1. The Balaban J connectivity index is 1.81. The Morgan fingerprint density at radius 1 is 1.08 bits per heavy atom. The third-order valence-electron chi connectivity index (χ3n) is 5.81. The van der Waals surface area contributed by atoms with Crippen molar-refractivity contribution in [3.63, 3.8) is 0 Å². The number of halogens is 3. The summed E-state index contributed by atoms with van der Waals surface area (Å²) < 4.78 is 72.4. The molecule has 1 unspecified atom stereocenters. The van der Waals surface area contributed by atoms with E-state index in [4.69, 9.17) is 12.2 Å². The molecule has 0 bridgehead atoms. The summed E-state index contributed by atoms with van der Waals surface area (Å²) in [6.45, 7) is 1.20. The molecule has 0 radical (unpaired) electrons. The van der Waals surface area contributed by atoms with E-state index in [9.17, 15) is 36.0 Å². The van der Waals surface area contributed by atoms with Gasteiger partial charge in [0.1, 0.15) is 5.82 Å². The molecule has 15 heteroatoms. The number of hydrogen-bond donors (Lipinski definition) is 4. The number of aryl methyl sites for hydroxylation is 1. The van der Waals surface area contributed by atoms with Crippen LogP contribution in [-0.4, -0.2) is 36.0 Å². The topological polar surface area (TPSA) is 142 Å². The van der Waals surface area contributed by atoms with Crippen molar-refractivity contribution in [3.05, 3.63) is 80.8 Å².